The molecule has 5 heteroatoms. The summed E-state index contributed by atoms with van der Waals surface area (Å²) in [6, 6.07) is 5.44. The fourth-order valence-electron chi connectivity index (χ4n) is 1.99. The summed E-state index contributed by atoms with van der Waals surface area (Å²) in [5.74, 6) is -0.351. The Labute approximate surface area is 107 Å². The van der Waals surface area contributed by atoms with E-state index in [9.17, 15) is 9.90 Å². The normalized spacial score (nSPS) is 22.9. The molecule has 0 bridgehead atoms. The number of carbonyl (C=O) groups is 1. The van der Waals surface area contributed by atoms with Crippen LogP contribution in [0.4, 0.5) is 0 Å². The number of rotatable bonds is 2. The van der Waals surface area contributed by atoms with E-state index in [-0.39, 0.29) is 17.8 Å². The van der Waals surface area contributed by atoms with Gasteiger partial charge in [0.2, 0.25) is 5.91 Å². The van der Waals surface area contributed by atoms with Gasteiger partial charge in [-0.1, -0.05) is 22.0 Å². The number of carbonyl (C=O) groups excluding carboxylic acids is 1. The van der Waals surface area contributed by atoms with Gasteiger partial charge in [-0.05, 0) is 23.3 Å². The molecule has 0 saturated carbocycles. The van der Waals surface area contributed by atoms with Gasteiger partial charge in [0, 0.05) is 10.9 Å². The number of hydrogen-bond acceptors (Lipinski definition) is 2. The highest BCUT2D eigenvalue weighted by Gasteiger charge is 2.31. The molecule has 0 radical (unpaired) electrons. The molecule has 1 aromatic carbocycles. The summed E-state index contributed by atoms with van der Waals surface area (Å²) in [5, 5.41) is 12.6. The third kappa shape index (κ3) is 2.24. The minimum absolute atomic E-state index is 0.0882. The predicted octanol–water partition coefficient (Wildman–Crippen LogP) is 1.76. The van der Waals surface area contributed by atoms with Crippen LogP contribution in [-0.2, 0) is 11.2 Å². The minimum Gasteiger partial charge on any atom is -0.390 e. The maximum Gasteiger partial charge on any atom is 0.235 e. The van der Waals surface area contributed by atoms with Gasteiger partial charge < -0.3 is 10.4 Å². The van der Waals surface area contributed by atoms with Crippen molar-refractivity contribution in [2.45, 2.75) is 18.6 Å². The van der Waals surface area contributed by atoms with Crippen molar-refractivity contribution >= 4 is 33.4 Å². The first-order chi connectivity index (χ1) is 7.61. The van der Waals surface area contributed by atoms with Crippen LogP contribution in [0, 0.1) is 0 Å². The lowest BCUT2D eigenvalue weighted by Gasteiger charge is -2.17. The van der Waals surface area contributed by atoms with Crippen molar-refractivity contribution in [3.8, 4) is 0 Å². The smallest absolute Gasteiger partial charge is 0.235 e. The third-order valence-electron chi connectivity index (χ3n) is 2.69. The number of benzene rings is 1. The zero-order valence-electron chi connectivity index (χ0n) is 8.41. The molecular weight excluding hydrogens is 293 g/mol. The fraction of sp³-hybridized carbons (Fsp3) is 0.364. The molecular formula is C11H11BrClNO2. The van der Waals surface area contributed by atoms with Crippen LogP contribution < -0.4 is 5.32 Å². The van der Waals surface area contributed by atoms with Gasteiger partial charge >= 0.3 is 0 Å². The molecule has 3 nitrogen and oxygen atoms in total. The maximum atomic E-state index is 11.2. The molecule has 0 fully saturated rings. The number of alkyl halides is 1. The van der Waals surface area contributed by atoms with E-state index in [0.29, 0.717) is 6.42 Å². The van der Waals surface area contributed by atoms with Crippen LogP contribution in [0.5, 0.6) is 0 Å². The SMILES string of the molecule is O=C(CCl)NC1c2ccc(Br)cc2CC1O. The molecule has 2 N–H and O–H groups in total. The Bertz CT molecular complexity index is 424. The highest BCUT2D eigenvalue weighted by atomic mass is 79.9. The van der Waals surface area contributed by atoms with Crippen molar-refractivity contribution in [2.75, 3.05) is 5.88 Å². The van der Waals surface area contributed by atoms with Crippen molar-refractivity contribution in [1.82, 2.24) is 5.32 Å². The summed E-state index contributed by atoms with van der Waals surface area (Å²) in [4.78, 5) is 11.2. The third-order valence-corrected chi connectivity index (χ3v) is 3.43. The van der Waals surface area contributed by atoms with E-state index in [1.54, 1.807) is 0 Å². The number of fused-ring (bicyclic) bond motifs is 1. The first kappa shape index (κ1) is 11.9. The molecule has 2 unspecified atom stereocenters. The number of hydrogen-bond donors (Lipinski definition) is 2. The Kier molecular flexibility index (Phi) is 3.52. The molecule has 16 heavy (non-hydrogen) atoms. The molecule has 1 amide bonds. The summed E-state index contributed by atoms with van der Waals surface area (Å²) in [5.41, 5.74) is 2.02. The Balaban J connectivity index is 2.26. The van der Waals surface area contributed by atoms with Crippen LogP contribution in [0.3, 0.4) is 0 Å². The second-order valence-electron chi connectivity index (χ2n) is 3.79. The van der Waals surface area contributed by atoms with E-state index in [2.05, 4.69) is 21.2 Å². The topological polar surface area (TPSA) is 49.3 Å². The van der Waals surface area contributed by atoms with Crippen molar-refractivity contribution in [3.63, 3.8) is 0 Å². The average Bonchev–Trinajstić information content (AvgIpc) is 2.54. The van der Waals surface area contributed by atoms with Crippen molar-refractivity contribution < 1.29 is 9.90 Å². The summed E-state index contributed by atoms with van der Waals surface area (Å²) in [6.07, 6.45) is -0.0152. The van der Waals surface area contributed by atoms with Gasteiger partial charge in [0.1, 0.15) is 5.88 Å². The second-order valence-corrected chi connectivity index (χ2v) is 4.98. The molecule has 1 aromatic rings. The lowest BCUT2D eigenvalue weighted by molar-refractivity contribution is -0.120. The van der Waals surface area contributed by atoms with Gasteiger partial charge in [0.05, 0.1) is 12.1 Å². The van der Waals surface area contributed by atoms with Crippen LogP contribution in [-0.4, -0.2) is 23.0 Å². The number of amides is 1. The summed E-state index contributed by atoms with van der Waals surface area (Å²) in [6.45, 7) is 0. The minimum atomic E-state index is -0.573. The quantitative estimate of drug-likeness (QED) is 0.818. The van der Waals surface area contributed by atoms with Gasteiger partial charge in [-0.2, -0.15) is 0 Å². The van der Waals surface area contributed by atoms with Crippen LogP contribution in [0.15, 0.2) is 22.7 Å². The van der Waals surface area contributed by atoms with Crippen molar-refractivity contribution in [2.24, 2.45) is 0 Å². The van der Waals surface area contributed by atoms with E-state index < -0.39 is 6.10 Å². The molecule has 0 spiro atoms. The van der Waals surface area contributed by atoms with Crippen LogP contribution in [0.1, 0.15) is 17.2 Å². The number of aliphatic hydroxyl groups excluding tert-OH is 1. The molecule has 2 rings (SSSR count). The Morgan fingerprint density at radius 3 is 3.06 bits per heavy atom. The van der Waals surface area contributed by atoms with Crippen LogP contribution in [0.25, 0.3) is 0 Å². The highest BCUT2D eigenvalue weighted by Crippen LogP contribution is 2.33. The van der Waals surface area contributed by atoms with E-state index in [0.717, 1.165) is 15.6 Å². The zero-order valence-corrected chi connectivity index (χ0v) is 10.8. The lowest BCUT2D eigenvalue weighted by atomic mass is 10.1. The standard InChI is InChI=1S/C11H11BrClNO2/c12-7-1-2-8-6(3-7)4-9(15)11(8)14-10(16)5-13/h1-3,9,11,15H,4-5H2,(H,14,16). The van der Waals surface area contributed by atoms with E-state index in [1.807, 2.05) is 18.2 Å². The average molecular weight is 305 g/mol. The lowest BCUT2D eigenvalue weighted by Crippen LogP contribution is -2.34. The van der Waals surface area contributed by atoms with Gasteiger partial charge in [-0.3, -0.25) is 4.79 Å². The molecule has 0 aromatic heterocycles. The van der Waals surface area contributed by atoms with Crippen LogP contribution in [0.2, 0.25) is 0 Å². The largest absolute Gasteiger partial charge is 0.390 e. The molecule has 0 aliphatic heterocycles. The monoisotopic (exact) mass is 303 g/mol. The number of nitrogens with one attached hydrogen (secondary N) is 1. The molecule has 0 saturated heterocycles. The van der Waals surface area contributed by atoms with E-state index >= 15 is 0 Å². The fourth-order valence-corrected chi connectivity index (χ4v) is 2.48. The Hall–Kier alpha value is -0.580. The number of halogens is 2. The predicted molar refractivity (Wildman–Crippen MR) is 65.5 cm³/mol. The van der Waals surface area contributed by atoms with Gasteiger partial charge in [0.25, 0.3) is 0 Å². The molecule has 1 aliphatic carbocycles. The summed E-state index contributed by atoms with van der Waals surface area (Å²) < 4.78 is 0.975. The van der Waals surface area contributed by atoms with Gasteiger partial charge in [0.15, 0.2) is 0 Å². The Morgan fingerprint density at radius 1 is 1.62 bits per heavy atom. The van der Waals surface area contributed by atoms with Crippen molar-refractivity contribution in [1.29, 1.82) is 0 Å². The molecule has 2 atom stereocenters. The first-order valence-electron chi connectivity index (χ1n) is 4.93. The van der Waals surface area contributed by atoms with Gasteiger partial charge in [-0.25, -0.2) is 0 Å². The highest BCUT2D eigenvalue weighted by molar-refractivity contribution is 9.10. The van der Waals surface area contributed by atoms with E-state index in [4.69, 9.17) is 11.6 Å². The first-order valence-corrected chi connectivity index (χ1v) is 6.26. The molecule has 0 heterocycles. The maximum absolute atomic E-state index is 11.2. The molecule has 1 aliphatic rings. The number of aliphatic hydroxyl groups is 1. The Morgan fingerprint density at radius 2 is 2.38 bits per heavy atom. The van der Waals surface area contributed by atoms with Crippen LogP contribution >= 0.6 is 27.5 Å². The summed E-state index contributed by atoms with van der Waals surface area (Å²) in [7, 11) is 0. The van der Waals surface area contributed by atoms with E-state index in [1.165, 1.54) is 0 Å². The van der Waals surface area contributed by atoms with Gasteiger partial charge in [-0.15, -0.1) is 11.6 Å². The zero-order chi connectivity index (χ0) is 11.7. The summed E-state index contributed by atoms with van der Waals surface area (Å²) >= 11 is 8.81. The van der Waals surface area contributed by atoms with Crippen molar-refractivity contribution in [3.05, 3.63) is 33.8 Å². The molecule has 86 valence electrons. The second kappa shape index (κ2) is 4.73.